The molecule has 1 saturated heterocycles. The lowest BCUT2D eigenvalue weighted by molar-refractivity contribution is 0.415. The van der Waals surface area contributed by atoms with Gasteiger partial charge in [0.2, 0.25) is 5.95 Å². The van der Waals surface area contributed by atoms with E-state index in [0.717, 1.165) is 50.7 Å². The summed E-state index contributed by atoms with van der Waals surface area (Å²) in [5.74, 6) is 2.38. The highest BCUT2D eigenvalue weighted by atomic mass is 16.5. The van der Waals surface area contributed by atoms with Crippen molar-refractivity contribution in [3.8, 4) is 5.75 Å². The van der Waals surface area contributed by atoms with Crippen molar-refractivity contribution in [1.29, 1.82) is 0 Å². The monoisotopic (exact) mass is 328 g/mol. The van der Waals surface area contributed by atoms with Crippen LogP contribution in [0.1, 0.15) is 13.3 Å². The topological polar surface area (TPSA) is 66.4 Å². The van der Waals surface area contributed by atoms with Crippen LogP contribution in [-0.4, -0.2) is 55.0 Å². The highest BCUT2D eigenvalue weighted by molar-refractivity contribution is 5.51. The first-order valence-electron chi connectivity index (χ1n) is 8.37. The van der Waals surface area contributed by atoms with Crippen LogP contribution >= 0.6 is 0 Å². The van der Waals surface area contributed by atoms with E-state index in [0.29, 0.717) is 5.95 Å². The number of hydrogen-bond donors (Lipinski definition) is 1. The molecule has 1 N–H and O–H groups in total. The van der Waals surface area contributed by atoms with Crippen LogP contribution in [0.4, 0.5) is 17.5 Å². The predicted molar refractivity (Wildman–Crippen MR) is 96.0 cm³/mol. The molecule has 0 radical (unpaired) electrons. The molecule has 24 heavy (non-hydrogen) atoms. The molecule has 1 aliphatic heterocycles. The average molecular weight is 328 g/mol. The predicted octanol–water partition coefficient (Wildman–Crippen LogP) is 2.03. The van der Waals surface area contributed by atoms with Crippen molar-refractivity contribution in [1.82, 2.24) is 15.2 Å². The van der Waals surface area contributed by atoms with Crippen LogP contribution in [0.25, 0.3) is 0 Å². The Balaban J connectivity index is 1.60. The molecule has 0 amide bonds. The zero-order chi connectivity index (χ0) is 16.8. The molecule has 1 aromatic heterocycles. The molecule has 1 aromatic carbocycles. The second kappa shape index (κ2) is 7.81. The minimum Gasteiger partial charge on any atom is -0.497 e. The van der Waals surface area contributed by atoms with Gasteiger partial charge in [-0.1, -0.05) is 6.92 Å². The van der Waals surface area contributed by atoms with Crippen molar-refractivity contribution in [3.63, 3.8) is 0 Å². The van der Waals surface area contributed by atoms with Gasteiger partial charge >= 0.3 is 0 Å². The summed E-state index contributed by atoms with van der Waals surface area (Å²) in [6, 6.07) is 8.21. The maximum Gasteiger partial charge on any atom is 0.244 e. The fraction of sp³-hybridized carbons (Fsp3) is 0.471. The summed E-state index contributed by atoms with van der Waals surface area (Å²) in [6.07, 6.45) is 2.77. The Morgan fingerprint density at radius 1 is 1.08 bits per heavy atom. The maximum atomic E-state index is 5.22. The van der Waals surface area contributed by atoms with Crippen LogP contribution in [0.2, 0.25) is 0 Å². The molecular formula is C17H24N6O. The first kappa shape index (κ1) is 16.3. The van der Waals surface area contributed by atoms with Gasteiger partial charge in [0, 0.05) is 38.4 Å². The largest absolute Gasteiger partial charge is 0.497 e. The van der Waals surface area contributed by atoms with Crippen molar-refractivity contribution >= 4 is 17.5 Å². The zero-order valence-corrected chi connectivity index (χ0v) is 14.3. The van der Waals surface area contributed by atoms with Gasteiger partial charge in [-0.3, -0.25) is 0 Å². The fourth-order valence-electron chi connectivity index (χ4n) is 2.75. The van der Waals surface area contributed by atoms with Gasteiger partial charge in [-0.2, -0.15) is 10.1 Å². The lowest BCUT2D eigenvalue weighted by Crippen LogP contribution is -2.46. The van der Waals surface area contributed by atoms with Crippen LogP contribution in [0.5, 0.6) is 5.75 Å². The quantitative estimate of drug-likeness (QED) is 0.870. The van der Waals surface area contributed by atoms with Gasteiger partial charge in [-0.25, -0.2) is 0 Å². The molecule has 0 aliphatic carbocycles. The second-order valence-corrected chi connectivity index (χ2v) is 5.74. The molecule has 0 unspecified atom stereocenters. The number of piperazine rings is 1. The Bertz CT molecular complexity index is 640. The highest BCUT2D eigenvalue weighted by Crippen LogP contribution is 2.22. The number of hydrogen-bond acceptors (Lipinski definition) is 7. The molecule has 1 fully saturated rings. The Morgan fingerprint density at radius 3 is 2.46 bits per heavy atom. The summed E-state index contributed by atoms with van der Waals surface area (Å²) in [6.45, 7) is 6.71. The lowest BCUT2D eigenvalue weighted by Gasteiger charge is -2.36. The molecule has 2 aromatic rings. The third kappa shape index (κ3) is 3.84. The number of nitrogens with one attached hydrogen (secondary N) is 1. The number of rotatable bonds is 6. The van der Waals surface area contributed by atoms with Crippen LogP contribution < -0.4 is 19.9 Å². The summed E-state index contributed by atoms with van der Waals surface area (Å²) in [7, 11) is 1.69. The van der Waals surface area contributed by atoms with E-state index < -0.39 is 0 Å². The molecule has 2 heterocycles. The molecule has 0 bridgehead atoms. The summed E-state index contributed by atoms with van der Waals surface area (Å²) >= 11 is 0. The van der Waals surface area contributed by atoms with Crippen LogP contribution in [0, 0.1) is 0 Å². The van der Waals surface area contributed by atoms with Crippen molar-refractivity contribution in [2.75, 3.05) is 55.0 Å². The van der Waals surface area contributed by atoms with E-state index in [2.05, 4.69) is 49.4 Å². The Labute approximate surface area is 142 Å². The smallest absolute Gasteiger partial charge is 0.244 e. The summed E-state index contributed by atoms with van der Waals surface area (Å²) in [5, 5.41) is 11.3. The fourth-order valence-corrected chi connectivity index (χ4v) is 2.75. The third-order valence-electron chi connectivity index (χ3n) is 4.12. The normalized spacial score (nSPS) is 14.6. The minimum atomic E-state index is 0.604. The molecule has 7 heteroatoms. The van der Waals surface area contributed by atoms with E-state index in [1.165, 1.54) is 5.69 Å². The Hall–Kier alpha value is -2.57. The second-order valence-electron chi connectivity index (χ2n) is 5.74. The number of anilines is 3. The van der Waals surface area contributed by atoms with E-state index >= 15 is 0 Å². The summed E-state index contributed by atoms with van der Waals surface area (Å²) in [5.41, 5.74) is 1.22. The van der Waals surface area contributed by atoms with Gasteiger partial charge < -0.3 is 19.9 Å². The molecule has 0 spiro atoms. The highest BCUT2D eigenvalue weighted by Gasteiger charge is 2.19. The Kier molecular flexibility index (Phi) is 5.30. The number of nitrogens with zero attached hydrogens (tertiary/aromatic N) is 5. The first-order chi connectivity index (χ1) is 11.8. The third-order valence-corrected chi connectivity index (χ3v) is 4.12. The molecule has 3 rings (SSSR count). The van der Waals surface area contributed by atoms with Gasteiger partial charge in [0.1, 0.15) is 5.75 Å². The van der Waals surface area contributed by atoms with E-state index in [1.54, 1.807) is 13.3 Å². The van der Waals surface area contributed by atoms with E-state index in [9.17, 15) is 0 Å². The number of ether oxygens (including phenoxy) is 1. The first-order valence-corrected chi connectivity index (χ1v) is 8.37. The van der Waals surface area contributed by atoms with Crippen LogP contribution in [0.15, 0.2) is 30.5 Å². The average Bonchev–Trinajstić information content (AvgIpc) is 2.67. The van der Waals surface area contributed by atoms with Crippen LogP contribution in [0.3, 0.4) is 0 Å². The number of aromatic nitrogens is 3. The lowest BCUT2D eigenvalue weighted by atomic mass is 10.2. The number of benzene rings is 1. The molecular weight excluding hydrogens is 304 g/mol. The van der Waals surface area contributed by atoms with Gasteiger partial charge in [-0.05, 0) is 30.7 Å². The van der Waals surface area contributed by atoms with Crippen molar-refractivity contribution in [2.45, 2.75) is 13.3 Å². The minimum absolute atomic E-state index is 0.604. The molecule has 1 aliphatic rings. The van der Waals surface area contributed by atoms with Crippen molar-refractivity contribution < 1.29 is 4.74 Å². The van der Waals surface area contributed by atoms with Crippen LogP contribution in [-0.2, 0) is 0 Å². The van der Waals surface area contributed by atoms with Gasteiger partial charge in [0.05, 0.1) is 13.3 Å². The van der Waals surface area contributed by atoms with Crippen molar-refractivity contribution in [2.24, 2.45) is 0 Å². The Morgan fingerprint density at radius 2 is 1.79 bits per heavy atom. The van der Waals surface area contributed by atoms with E-state index in [4.69, 9.17) is 4.74 Å². The SMILES string of the molecule is CCCNc1nncc(N2CCN(c3ccc(OC)cc3)CC2)n1. The maximum absolute atomic E-state index is 5.22. The number of methoxy groups -OCH3 is 1. The zero-order valence-electron chi connectivity index (χ0n) is 14.3. The molecule has 0 atom stereocenters. The standard InChI is InChI=1S/C17H24N6O/c1-3-8-18-17-20-16(13-19-21-17)23-11-9-22(10-12-23)14-4-6-15(24-2)7-5-14/h4-7,13H,3,8-12H2,1-2H3,(H,18,20,21). The van der Waals surface area contributed by atoms with E-state index in [1.807, 2.05) is 12.1 Å². The van der Waals surface area contributed by atoms with Gasteiger partial charge in [0.15, 0.2) is 5.82 Å². The summed E-state index contributed by atoms with van der Waals surface area (Å²) in [4.78, 5) is 9.19. The summed E-state index contributed by atoms with van der Waals surface area (Å²) < 4.78 is 5.22. The van der Waals surface area contributed by atoms with Gasteiger partial charge in [-0.15, -0.1) is 5.10 Å². The van der Waals surface area contributed by atoms with Crippen molar-refractivity contribution in [3.05, 3.63) is 30.5 Å². The molecule has 128 valence electrons. The van der Waals surface area contributed by atoms with Gasteiger partial charge in [0.25, 0.3) is 0 Å². The molecule has 7 nitrogen and oxygen atoms in total. The van der Waals surface area contributed by atoms with E-state index in [-0.39, 0.29) is 0 Å². The molecule has 0 saturated carbocycles.